The number of hydrogen-bond acceptors (Lipinski definition) is 2. The second kappa shape index (κ2) is 6.07. The third-order valence-corrected chi connectivity index (χ3v) is 4.06. The fourth-order valence-electron chi connectivity index (χ4n) is 2.68. The standard InChI is InChI=1S/C16H21NO3/c1-11-5-6-13(10-12(11)2)7-8-15(18)17-9-3-4-14(17)16(19)20/h5-6,10,14H,3-4,7-9H2,1-2H3,(H,19,20). The summed E-state index contributed by atoms with van der Waals surface area (Å²) in [6.07, 6.45) is 2.41. The van der Waals surface area contributed by atoms with E-state index in [-0.39, 0.29) is 5.91 Å². The largest absolute Gasteiger partial charge is 0.480 e. The molecular formula is C16H21NO3. The number of likely N-dealkylation sites (tertiary alicyclic amines) is 1. The van der Waals surface area contributed by atoms with Crippen molar-refractivity contribution in [2.75, 3.05) is 6.54 Å². The molecule has 1 aromatic rings. The quantitative estimate of drug-likeness (QED) is 0.917. The summed E-state index contributed by atoms with van der Waals surface area (Å²) in [5.41, 5.74) is 3.60. The number of carbonyl (C=O) groups is 2. The molecule has 4 nitrogen and oxygen atoms in total. The number of carbonyl (C=O) groups excluding carboxylic acids is 1. The minimum atomic E-state index is -0.887. The summed E-state index contributed by atoms with van der Waals surface area (Å²) in [7, 11) is 0. The maximum absolute atomic E-state index is 12.1. The van der Waals surface area contributed by atoms with Crippen molar-refractivity contribution < 1.29 is 14.7 Å². The summed E-state index contributed by atoms with van der Waals surface area (Å²) in [6, 6.07) is 5.57. The Morgan fingerprint density at radius 2 is 2.05 bits per heavy atom. The minimum absolute atomic E-state index is 0.0480. The average Bonchev–Trinajstić information content (AvgIpc) is 2.89. The molecule has 0 aliphatic carbocycles. The van der Waals surface area contributed by atoms with E-state index in [0.717, 1.165) is 12.0 Å². The molecule has 1 N–H and O–H groups in total. The van der Waals surface area contributed by atoms with Gasteiger partial charge in [-0.25, -0.2) is 4.79 Å². The number of aliphatic carboxylic acids is 1. The van der Waals surface area contributed by atoms with Gasteiger partial charge in [0.05, 0.1) is 0 Å². The summed E-state index contributed by atoms with van der Waals surface area (Å²) in [5.74, 6) is -0.935. The molecule has 0 bridgehead atoms. The Labute approximate surface area is 119 Å². The molecule has 1 fully saturated rings. The van der Waals surface area contributed by atoms with Crippen molar-refractivity contribution >= 4 is 11.9 Å². The Morgan fingerprint density at radius 1 is 1.30 bits per heavy atom. The lowest BCUT2D eigenvalue weighted by atomic mass is 10.0. The van der Waals surface area contributed by atoms with Gasteiger partial charge in [0, 0.05) is 13.0 Å². The van der Waals surface area contributed by atoms with E-state index in [4.69, 9.17) is 5.11 Å². The van der Waals surface area contributed by atoms with Crippen molar-refractivity contribution in [1.82, 2.24) is 4.90 Å². The monoisotopic (exact) mass is 275 g/mol. The summed E-state index contributed by atoms with van der Waals surface area (Å²) in [4.78, 5) is 24.7. The van der Waals surface area contributed by atoms with Gasteiger partial charge in [-0.1, -0.05) is 18.2 Å². The highest BCUT2D eigenvalue weighted by Crippen LogP contribution is 2.19. The molecule has 1 aliphatic heterocycles. The van der Waals surface area contributed by atoms with Gasteiger partial charge in [-0.05, 0) is 49.8 Å². The van der Waals surface area contributed by atoms with Crippen LogP contribution in [0, 0.1) is 13.8 Å². The molecule has 1 amide bonds. The molecule has 1 unspecified atom stereocenters. The minimum Gasteiger partial charge on any atom is -0.480 e. The maximum Gasteiger partial charge on any atom is 0.326 e. The topological polar surface area (TPSA) is 57.6 Å². The molecule has 0 saturated carbocycles. The predicted molar refractivity (Wildman–Crippen MR) is 76.6 cm³/mol. The van der Waals surface area contributed by atoms with E-state index in [1.54, 1.807) is 0 Å². The van der Waals surface area contributed by atoms with Crippen LogP contribution >= 0.6 is 0 Å². The normalized spacial score (nSPS) is 18.3. The number of aryl methyl sites for hydroxylation is 3. The van der Waals surface area contributed by atoms with Gasteiger partial charge >= 0.3 is 5.97 Å². The van der Waals surface area contributed by atoms with E-state index in [9.17, 15) is 9.59 Å². The van der Waals surface area contributed by atoms with Gasteiger partial charge in [-0.2, -0.15) is 0 Å². The van der Waals surface area contributed by atoms with Crippen LogP contribution in [0.15, 0.2) is 18.2 Å². The second-order valence-electron chi connectivity index (χ2n) is 5.50. The van der Waals surface area contributed by atoms with Gasteiger partial charge in [-0.3, -0.25) is 4.79 Å². The lowest BCUT2D eigenvalue weighted by Gasteiger charge is -2.21. The van der Waals surface area contributed by atoms with Crippen LogP contribution in [0.1, 0.15) is 36.0 Å². The number of hydrogen-bond donors (Lipinski definition) is 1. The Morgan fingerprint density at radius 3 is 2.70 bits per heavy atom. The van der Waals surface area contributed by atoms with Gasteiger partial charge in [0.2, 0.25) is 5.91 Å². The first-order valence-electron chi connectivity index (χ1n) is 7.07. The molecule has 1 heterocycles. The average molecular weight is 275 g/mol. The first-order chi connectivity index (χ1) is 9.49. The zero-order chi connectivity index (χ0) is 14.7. The van der Waals surface area contributed by atoms with Crippen LogP contribution in [0.2, 0.25) is 0 Å². The highest BCUT2D eigenvalue weighted by molar-refractivity contribution is 5.84. The van der Waals surface area contributed by atoms with Crippen LogP contribution in [0.4, 0.5) is 0 Å². The number of benzene rings is 1. The molecule has 20 heavy (non-hydrogen) atoms. The molecule has 0 spiro atoms. The lowest BCUT2D eigenvalue weighted by Crippen LogP contribution is -2.40. The maximum atomic E-state index is 12.1. The van der Waals surface area contributed by atoms with Crippen LogP contribution in [0.25, 0.3) is 0 Å². The van der Waals surface area contributed by atoms with Gasteiger partial charge in [0.15, 0.2) is 0 Å². The molecule has 1 atom stereocenters. The van der Waals surface area contributed by atoms with E-state index < -0.39 is 12.0 Å². The van der Waals surface area contributed by atoms with Gasteiger partial charge in [-0.15, -0.1) is 0 Å². The molecule has 0 radical (unpaired) electrons. The molecule has 4 heteroatoms. The Hall–Kier alpha value is -1.84. The number of carboxylic acid groups (broad SMARTS) is 1. The van der Waals surface area contributed by atoms with E-state index in [0.29, 0.717) is 25.8 Å². The number of amides is 1. The molecule has 1 aliphatic rings. The van der Waals surface area contributed by atoms with Crippen molar-refractivity contribution in [3.8, 4) is 0 Å². The summed E-state index contributed by atoms with van der Waals surface area (Å²) in [6.45, 7) is 4.69. The molecule has 108 valence electrons. The Kier molecular flexibility index (Phi) is 4.42. The molecular weight excluding hydrogens is 254 g/mol. The predicted octanol–water partition coefficient (Wildman–Crippen LogP) is 2.31. The van der Waals surface area contributed by atoms with Crippen LogP contribution in [0.3, 0.4) is 0 Å². The van der Waals surface area contributed by atoms with E-state index in [1.165, 1.54) is 16.0 Å². The SMILES string of the molecule is Cc1ccc(CCC(=O)N2CCCC2C(=O)O)cc1C. The van der Waals surface area contributed by atoms with Crippen LogP contribution in [-0.4, -0.2) is 34.5 Å². The fourth-order valence-corrected chi connectivity index (χ4v) is 2.68. The molecule has 1 aromatic carbocycles. The second-order valence-corrected chi connectivity index (χ2v) is 5.50. The van der Waals surface area contributed by atoms with Crippen LogP contribution in [0.5, 0.6) is 0 Å². The number of carboxylic acids is 1. The number of rotatable bonds is 4. The van der Waals surface area contributed by atoms with Gasteiger partial charge in [0.1, 0.15) is 6.04 Å². The van der Waals surface area contributed by atoms with Crippen molar-refractivity contribution in [2.45, 2.75) is 45.6 Å². The Balaban J connectivity index is 1.94. The summed E-state index contributed by atoms with van der Waals surface area (Å²) < 4.78 is 0. The van der Waals surface area contributed by atoms with E-state index in [2.05, 4.69) is 26.0 Å². The van der Waals surface area contributed by atoms with Crippen molar-refractivity contribution in [3.05, 3.63) is 34.9 Å². The van der Waals surface area contributed by atoms with Gasteiger partial charge in [0.25, 0.3) is 0 Å². The molecule has 1 saturated heterocycles. The van der Waals surface area contributed by atoms with E-state index >= 15 is 0 Å². The summed E-state index contributed by atoms with van der Waals surface area (Å²) >= 11 is 0. The summed E-state index contributed by atoms with van der Waals surface area (Å²) in [5, 5.41) is 9.09. The smallest absolute Gasteiger partial charge is 0.326 e. The third kappa shape index (κ3) is 3.18. The van der Waals surface area contributed by atoms with Crippen molar-refractivity contribution in [2.24, 2.45) is 0 Å². The highest BCUT2D eigenvalue weighted by Gasteiger charge is 2.33. The van der Waals surface area contributed by atoms with Crippen LogP contribution in [-0.2, 0) is 16.0 Å². The Bertz CT molecular complexity index is 524. The zero-order valence-corrected chi connectivity index (χ0v) is 12.1. The van der Waals surface area contributed by atoms with Crippen molar-refractivity contribution in [1.29, 1.82) is 0 Å². The van der Waals surface area contributed by atoms with Crippen LogP contribution < -0.4 is 0 Å². The molecule has 2 rings (SSSR count). The number of nitrogens with zero attached hydrogens (tertiary/aromatic N) is 1. The molecule has 0 aromatic heterocycles. The fraction of sp³-hybridized carbons (Fsp3) is 0.500. The lowest BCUT2D eigenvalue weighted by molar-refractivity contribution is -0.148. The van der Waals surface area contributed by atoms with Gasteiger partial charge < -0.3 is 10.0 Å². The first kappa shape index (κ1) is 14.6. The highest BCUT2D eigenvalue weighted by atomic mass is 16.4. The van der Waals surface area contributed by atoms with Crippen molar-refractivity contribution in [3.63, 3.8) is 0 Å². The zero-order valence-electron chi connectivity index (χ0n) is 12.1. The first-order valence-corrected chi connectivity index (χ1v) is 7.07. The third-order valence-electron chi connectivity index (χ3n) is 4.06. The van der Waals surface area contributed by atoms with E-state index in [1.807, 2.05) is 6.07 Å².